The molecule has 0 saturated carbocycles. The van der Waals surface area contributed by atoms with E-state index in [0.717, 1.165) is 71.7 Å². The maximum atomic E-state index is 6.31. The van der Waals surface area contributed by atoms with Crippen molar-refractivity contribution in [1.29, 1.82) is 0 Å². The van der Waals surface area contributed by atoms with E-state index in [1.165, 1.54) is 0 Å². The lowest BCUT2D eigenvalue weighted by molar-refractivity contribution is 0.00417. The summed E-state index contributed by atoms with van der Waals surface area (Å²) in [6.07, 6.45) is 6.27. The average Bonchev–Trinajstić information content (AvgIpc) is 3.29. The molecule has 5 rings (SSSR count). The van der Waals surface area contributed by atoms with Crippen molar-refractivity contribution in [2.75, 3.05) is 13.2 Å². The molecule has 4 heterocycles. The Morgan fingerprint density at radius 1 is 1.15 bits per heavy atom. The molecular weight excluding hydrogens is 350 g/mol. The number of rotatable bonds is 2. The number of benzene rings is 1. The predicted molar refractivity (Wildman–Crippen MR) is 102 cm³/mol. The largest absolute Gasteiger partial charge is 0.378 e. The first-order valence-electron chi connectivity index (χ1n) is 9.40. The van der Waals surface area contributed by atoms with E-state index in [4.69, 9.17) is 26.1 Å². The zero-order chi connectivity index (χ0) is 17.7. The first-order chi connectivity index (χ1) is 12.7. The fraction of sp³-hybridized carbons (Fsp3) is 0.500. The van der Waals surface area contributed by atoms with Crippen LogP contribution in [0, 0.1) is 0 Å². The van der Waals surface area contributed by atoms with Crippen molar-refractivity contribution < 1.29 is 9.47 Å². The maximum absolute atomic E-state index is 6.31. The summed E-state index contributed by atoms with van der Waals surface area (Å²) in [5.41, 5.74) is 2.99. The van der Waals surface area contributed by atoms with E-state index in [9.17, 15) is 0 Å². The van der Waals surface area contributed by atoms with Crippen LogP contribution in [0.15, 0.2) is 24.4 Å². The smallest absolute Gasteiger partial charge is 0.139 e. The highest BCUT2D eigenvalue weighted by atomic mass is 35.5. The van der Waals surface area contributed by atoms with Gasteiger partial charge in [0.1, 0.15) is 17.4 Å². The van der Waals surface area contributed by atoms with E-state index in [-0.39, 0.29) is 12.2 Å². The van der Waals surface area contributed by atoms with Gasteiger partial charge in [0.05, 0.1) is 23.3 Å². The van der Waals surface area contributed by atoms with Crippen LogP contribution in [0.1, 0.15) is 50.6 Å². The van der Waals surface area contributed by atoms with Gasteiger partial charge in [-0.05, 0) is 50.8 Å². The fourth-order valence-corrected chi connectivity index (χ4v) is 4.53. The second kappa shape index (κ2) is 6.48. The van der Waals surface area contributed by atoms with E-state index in [2.05, 4.69) is 16.5 Å². The monoisotopic (exact) mass is 371 g/mol. The van der Waals surface area contributed by atoms with Crippen LogP contribution in [0.3, 0.4) is 0 Å². The Morgan fingerprint density at radius 2 is 2.08 bits per heavy atom. The van der Waals surface area contributed by atoms with Crippen molar-refractivity contribution in [3.05, 3.63) is 35.2 Å². The number of imidazole rings is 1. The summed E-state index contributed by atoms with van der Waals surface area (Å²) >= 11 is 6.31. The molecule has 3 aromatic rings. The Morgan fingerprint density at radius 3 is 2.88 bits per heavy atom. The standard InChI is InChI=1S/C20H22ClN3O2/c1-12-9-14(6-8-25-12)24-19-15-10-13(21)4-5-16(15)22-11-17(19)23-20(24)18-3-2-7-26-18/h4-5,10-12,14,18H,2-3,6-9H2,1H3/t12-,14?,18?/m1/s1. The van der Waals surface area contributed by atoms with Gasteiger partial charge in [-0.2, -0.15) is 0 Å². The molecule has 3 atom stereocenters. The molecule has 0 radical (unpaired) electrons. The van der Waals surface area contributed by atoms with Gasteiger partial charge in [-0.15, -0.1) is 0 Å². The van der Waals surface area contributed by atoms with Gasteiger partial charge >= 0.3 is 0 Å². The van der Waals surface area contributed by atoms with E-state index in [1.54, 1.807) is 0 Å². The lowest BCUT2D eigenvalue weighted by atomic mass is 10.0. The van der Waals surface area contributed by atoms with E-state index < -0.39 is 0 Å². The third-order valence-electron chi connectivity index (χ3n) is 5.55. The molecule has 2 fully saturated rings. The molecule has 0 aliphatic carbocycles. The topological polar surface area (TPSA) is 49.2 Å². The van der Waals surface area contributed by atoms with Gasteiger partial charge in [0.15, 0.2) is 0 Å². The lowest BCUT2D eigenvalue weighted by Crippen LogP contribution is -2.27. The zero-order valence-electron chi connectivity index (χ0n) is 14.8. The first-order valence-corrected chi connectivity index (χ1v) is 9.78. The summed E-state index contributed by atoms with van der Waals surface area (Å²) in [6.45, 7) is 3.73. The van der Waals surface area contributed by atoms with Gasteiger partial charge < -0.3 is 14.0 Å². The Balaban J connectivity index is 1.78. The van der Waals surface area contributed by atoms with E-state index in [1.807, 2.05) is 24.4 Å². The number of fused-ring (bicyclic) bond motifs is 3. The SMILES string of the molecule is C[C@@H]1CC(n2c(C3CCCO3)nc3cnc4ccc(Cl)cc4c32)CCO1. The van der Waals surface area contributed by atoms with Crippen molar-refractivity contribution >= 4 is 33.5 Å². The molecule has 26 heavy (non-hydrogen) atoms. The Labute approximate surface area is 157 Å². The number of aromatic nitrogens is 3. The molecular formula is C20H22ClN3O2. The molecule has 2 aromatic heterocycles. The lowest BCUT2D eigenvalue weighted by Gasteiger charge is -2.30. The fourth-order valence-electron chi connectivity index (χ4n) is 4.35. The number of hydrogen-bond acceptors (Lipinski definition) is 4. The van der Waals surface area contributed by atoms with Crippen molar-refractivity contribution in [1.82, 2.24) is 14.5 Å². The van der Waals surface area contributed by atoms with Crippen molar-refractivity contribution in [2.45, 2.75) is 50.9 Å². The minimum Gasteiger partial charge on any atom is -0.378 e. The summed E-state index contributed by atoms with van der Waals surface area (Å²) in [4.78, 5) is 9.56. The molecule has 136 valence electrons. The second-order valence-electron chi connectivity index (χ2n) is 7.35. The first kappa shape index (κ1) is 16.5. The van der Waals surface area contributed by atoms with Gasteiger partial charge in [0, 0.05) is 29.7 Å². The number of hydrogen-bond donors (Lipinski definition) is 0. The highest BCUT2D eigenvalue weighted by molar-refractivity contribution is 6.31. The second-order valence-corrected chi connectivity index (χ2v) is 7.79. The molecule has 2 unspecified atom stereocenters. The normalized spacial score (nSPS) is 26.8. The number of halogens is 1. The van der Waals surface area contributed by atoms with Crippen LogP contribution in [0.5, 0.6) is 0 Å². The predicted octanol–water partition coefficient (Wildman–Crippen LogP) is 4.83. The third-order valence-corrected chi connectivity index (χ3v) is 5.78. The summed E-state index contributed by atoms with van der Waals surface area (Å²) in [7, 11) is 0. The van der Waals surface area contributed by atoms with Crippen LogP contribution >= 0.6 is 11.6 Å². The van der Waals surface area contributed by atoms with Crippen molar-refractivity contribution in [3.63, 3.8) is 0 Å². The summed E-state index contributed by atoms with van der Waals surface area (Å²) in [5, 5.41) is 1.78. The quantitative estimate of drug-likeness (QED) is 0.647. The van der Waals surface area contributed by atoms with Gasteiger partial charge in [-0.3, -0.25) is 4.98 Å². The van der Waals surface area contributed by atoms with Crippen LogP contribution < -0.4 is 0 Å². The molecule has 2 saturated heterocycles. The van der Waals surface area contributed by atoms with Crippen LogP contribution in [0.2, 0.25) is 5.02 Å². The van der Waals surface area contributed by atoms with Gasteiger partial charge in [-0.1, -0.05) is 11.6 Å². The minimum atomic E-state index is 0.0646. The molecule has 0 N–H and O–H groups in total. The molecule has 2 aliphatic rings. The maximum Gasteiger partial charge on any atom is 0.139 e. The van der Waals surface area contributed by atoms with Gasteiger partial charge in [-0.25, -0.2) is 4.98 Å². The van der Waals surface area contributed by atoms with Crippen LogP contribution in [-0.4, -0.2) is 33.9 Å². The van der Waals surface area contributed by atoms with Crippen LogP contribution in [-0.2, 0) is 9.47 Å². The summed E-state index contributed by atoms with van der Waals surface area (Å²) in [5.74, 6) is 1.03. The van der Waals surface area contributed by atoms with Gasteiger partial charge in [0.2, 0.25) is 0 Å². The summed E-state index contributed by atoms with van der Waals surface area (Å²) < 4.78 is 14.2. The average molecular weight is 372 g/mol. The highest BCUT2D eigenvalue weighted by Gasteiger charge is 2.31. The van der Waals surface area contributed by atoms with Gasteiger partial charge in [0.25, 0.3) is 0 Å². The van der Waals surface area contributed by atoms with Crippen molar-refractivity contribution in [3.8, 4) is 0 Å². The highest BCUT2D eigenvalue weighted by Crippen LogP contribution is 2.38. The molecule has 0 amide bonds. The molecule has 2 aliphatic heterocycles. The molecule has 0 bridgehead atoms. The Kier molecular flexibility index (Phi) is 4.11. The Hall–Kier alpha value is -1.69. The zero-order valence-corrected chi connectivity index (χ0v) is 15.6. The molecule has 1 aromatic carbocycles. The summed E-state index contributed by atoms with van der Waals surface area (Å²) in [6, 6.07) is 6.23. The number of nitrogens with zero attached hydrogens (tertiary/aromatic N) is 3. The van der Waals surface area contributed by atoms with Crippen molar-refractivity contribution in [2.24, 2.45) is 0 Å². The molecule has 5 nitrogen and oxygen atoms in total. The number of pyridine rings is 1. The van der Waals surface area contributed by atoms with E-state index >= 15 is 0 Å². The molecule has 6 heteroatoms. The van der Waals surface area contributed by atoms with E-state index in [0.29, 0.717) is 6.04 Å². The third kappa shape index (κ3) is 2.70. The van der Waals surface area contributed by atoms with Crippen LogP contribution in [0.25, 0.3) is 21.9 Å². The van der Waals surface area contributed by atoms with Crippen LogP contribution in [0.4, 0.5) is 0 Å². The minimum absolute atomic E-state index is 0.0646. The number of ether oxygens (including phenoxy) is 2. The molecule has 0 spiro atoms. The Bertz CT molecular complexity index is 964.